The summed E-state index contributed by atoms with van der Waals surface area (Å²) in [5, 5.41) is 2.97. The molecule has 1 aliphatic rings. The second kappa shape index (κ2) is 6.60. The number of fused-ring (bicyclic) bond motifs is 1. The highest BCUT2D eigenvalue weighted by Gasteiger charge is 2.35. The third-order valence-electron chi connectivity index (χ3n) is 4.69. The molecule has 0 saturated carbocycles. The number of benzene rings is 1. The lowest BCUT2D eigenvalue weighted by atomic mass is 10.0. The van der Waals surface area contributed by atoms with Gasteiger partial charge in [-0.3, -0.25) is 29.1 Å². The zero-order valence-corrected chi connectivity index (χ0v) is 14.3. The molecule has 0 spiro atoms. The molecular formula is C20H15N3O4. The van der Waals surface area contributed by atoms with Gasteiger partial charge < -0.3 is 5.32 Å². The number of amides is 2. The van der Waals surface area contributed by atoms with E-state index < -0.39 is 10.9 Å². The van der Waals surface area contributed by atoms with Gasteiger partial charge in [-0.2, -0.15) is 0 Å². The number of rotatable bonds is 6. The van der Waals surface area contributed by atoms with E-state index in [-0.39, 0.29) is 30.5 Å². The van der Waals surface area contributed by atoms with Crippen molar-refractivity contribution in [3.8, 4) is 0 Å². The van der Waals surface area contributed by atoms with Crippen molar-refractivity contribution in [3.05, 3.63) is 91.5 Å². The van der Waals surface area contributed by atoms with Crippen LogP contribution in [0.25, 0.3) is 0 Å². The number of anilines is 1. The van der Waals surface area contributed by atoms with Gasteiger partial charge in [-0.25, -0.2) is 0 Å². The maximum atomic E-state index is 12.4. The Balaban J connectivity index is 1.46. The molecule has 0 aliphatic carbocycles. The number of carbonyl (C=O) groups is 2. The fourth-order valence-corrected chi connectivity index (χ4v) is 3.22. The van der Waals surface area contributed by atoms with E-state index in [1.165, 1.54) is 0 Å². The van der Waals surface area contributed by atoms with Crippen molar-refractivity contribution in [1.82, 2.24) is 9.88 Å². The van der Waals surface area contributed by atoms with E-state index >= 15 is 0 Å². The molecule has 7 heteroatoms. The van der Waals surface area contributed by atoms with Crippen LogP contribution >= 0.6 is 0 Å². The predicted molar refractivity (Wildman–Crippen MR) is 98.4 cm³/mol. The first-order chi connectivity index (χ1) is 13.1. The molecule has 0 saturated heterocycles. The Morgan fingerprint density at radius 2 is 1.48 bits per heavy atom. The van der Waals surface area contributed by atoms with Crippen LogP contribution in [0, 0.1) is 0 Å². The number of nitrogens with zero attached hydrogens (tertiary/aromatic N) is 2. The van der Waals surface area contributed by atoms with Gasteiger partial charge in [0, 0.05) is 31.0 Å². The highest BCUT2D eigenvalue weighted by molar-refractivity contribution is 6.21. The van der Waals surface area contributed by atoms with Gasteiger partial charge in [0.1, 0.15) is 0 Å². The van der Waals surface area contributed by atoms with Crippen molar-refractivity contribution in [2.75, 3.05) is 11.9 Å². The van der Waals surface area contributed by atoms with E-state index in [0.717, 1.165) is 10.5 Å². The minimum absolute atomic E-state index is 0.0567. The molecule has 0 unspecified atom stereocenters. The van der Waals surface area contributed by atoms with E-state index in [2.05, 4.69) is 10.3 Å². The first kappa shape index (κ1) is 16.8. The molecule has 1 N–H and O–H groups in total. The number of pyridine rings is 1. The van der Waals surface area contributed by atoms with Crippen molar-refractivity contribution in [2.24, 2.45) is 0 Å². The molecule has 7 nitrogen and oxygen atoms in total. The highest BCUT2D eigenvalue weighted by atomic mass is 16.2. The lowest BCUT2D eigenvalue weighted by molar-refractivity contribution is 0.0656. The van der Waals surface area contributed by atoms with Crippen LogP contribution in [0.1, 0.15) is 31.8 Å². The zero-order valence-electron chi connectivity index (χ0n) is 14.3. The molecule has 1 aliphatic heterocycles. The Kier molecular flexibility index (Phi) is 4.12. The summed E-state index contributed by atoms with van der Waals surface area (Å²) in [6.45, 7) is 0.439. The SMILES string of the molecule is O=C1c2ccccc2C(=O)N1CCc1c(NCc2ccncc2)c(=O)c1=O. The molecule has 134 valence electrons. The largest absolute Gasteiger partial charge is 0.377 e. The van der Waals surface area contributed by atoms with Crippen LogP contribution in [-0.2, 0) is 13.0 Å². The summed E-state index contributed by atoms with van der Waals surface area (Å²) in [6.07, 6.45) is 3.43. The summed E-state index contributed by atoms with van der Waals surface area (Å²) in [5.41, 5.74) is 1.10. The third-order valence-corrected chi connectivity index (χ3v) is 4.69. The smallest absolute Gasteiger partial charge is 0.261 e. The maximum Gasteiger partial charge on any atom is 0.261 e. The third kappa shape index (κ3) is 2.83. The van der Waals surface area contributed by atoms with Crippen LogP contribution < -0.4 is 16.2 Å². The summed E-state index contributed by atoms with van der Waals surface area (Å²) in [4.78, 5) is 53.6. The molecular weight excluding hydrogens is 346 g/mol. The quantitative estimate of drug-likeness (QED) is 0.522. The highest BCUT2D eigenvalue weighted by Crippen LogP contribution is 2.23. The molecule has 27 heavy (non-hydrogen) atoms. The molecule has 0 fully saturated rings. The minimum Gasteiger partial charge on any atom is -0.377 e. The average molecular weight is 361 g/mol. The lowest BCUT2D eigenvalue weighted by Gasteiger charge is -2.17. The number of aromatic nitrogens is 1. The summed E-state index contributed by atoms with van der Waals surface area (Å²) in [5.74, 6) is -0.749. The van der Waals surface area contributed by atoms with Gasteiger partial charge in [-0.15, -0.1) is 0 Å². The lowest BCUT2D eigenvalue weighted by Crippen LogP contribution is -2.41. The monoisotopic (exact) mass is 361 g/mol. The van der Waals surface area contributed by atoms with Crippen LogP contribution in [0.15, 0.2) is 58.4 Å². The van der Waals surface area contributed by atoms with E-state index in [1.807, 2.05) is 0 Å². The van der Waals surface area contributed by atoms with Gasteiger partial charge in [0.2, 0.25) is 10.9 Å². The molecule has 0 radical (unpaired) electrons. The van der Waals surface area contributed by atoms with Gasteiger partial charge in [0.15, 0.2) is 0 Å². The van der Waals surface area contributed by atoms with Gasteiger partial charge in [-0.1, -0.05) is 12.1 Å². The number of hydrogen-bond donors (Lipinski definition) is 1. The Labute approximate surface area is 154 Å². The van der Waals surface area contributed by atoms with Gasteiger partial charge in [-0.05, 0) is 36.2 Å². The fraction of sp³-hybridized carbons (Fsp3) is 0.150. The van der Waals surface area contributed by atoms with Crippen LogP contribution in [0.5, 0.6) is 0 Å². The van der Waals surface area contributed by atoms with E-state index in [4.69, 9.17) is 0 Å². The number of nitrogens with one attached hydrogen (secondary N) is 1. The van der Waals surface area contributed by atoms with Gasteiger partial charge in [0.05, 0.1) is 16.8 Å². The normalized spacial score (nSPS) is 13.3. The number of carbonyl (C=O) groups excluding carboxylic acids is 2. The van der Waals surface area contributed by atoms with Crippen LogP contribution in [-0.4, -0.2) is 28.2 Å². The molecule has 2 heterocycles. The van der Waals surface area contributed by atoms with E-state index in [1.54, 1.807) is 48.8 Å². The molecule has 2 aromatic carbocycles. The van der Waals surface area contributed by atoms with E-state index in [0.29, 0.717) is 23.2 Å². The topological polar surface area (TPSA) is 96.4 Å². The van der Waals surface area contributed by atoms with Crippen LogP contribution in [0.3, 0.4) is 0 Å². The predicted octanol–water partition coefficient (Wildman–Crippen LogP) is 1.13. The van der Waals surface area contributed by atoms with Gasteiger partial charge in [0.25, 0.3) is 11.8 Å². The summed E-state index contributed by atoms with van der Waals surface area (Å²) < 4.78 is 0. The second-order valence-corrected chi connectivity index (χ2v) is 6.28. The van der Waals surface area contributed by atoms with Crippen molar-refractivity contribution in [1.29, 1.82) is 0 Å². The van der Waals surface area contributed by atoms with Crippen molar-refractivity contribution in [2.45, 2.75) is 13.0 Å². The van der Waals surface area contributed by atoms with Crippen molar-refractivity contribution in [3.63, 3.8) is 0 Å². The Hall–Kier alpha value is -3.61. The van der Waals surface area contributed by atoms with Crippen molar-refractivity contribution >= 4 is 17.5 Å². The fourth-order valence-electron chi connectivity index (χ4n) is 3.22. The Morgan fingerprint density at radius 1 is 0.852 bits per heavy atom. The average Bonchev–Trinajstić information content (AvgIpc) is 2.95. The standard InChI is InChI=1S/C20H15N3O4/c24-17-15(16(18(17)25)22-11-12-5-8-21-9-6-12)7-10-23-19(26)13-3-1-2-4-14(13)20(23)27/h1-6,8-9,22H,7,10-11H2. The molecule has 0 bridgehead atoms. The molecule has 2 amide bonds. The van der Waals surface area contributed by atoms with Crippen molar-refractivity contribution < 1.29 is 9.59 Å². The number of imide groups is 1. The molecule has 1 aromatic heterocycles. The summed E-state index contributed by atoms with van der Waals surface area (Å²) in [7, 11) is 0. The number of hydrogen-bond acceptors (Lipinski definition) is 6. The Bertz CT molecular complexity index is 1080. The zero-order chi connectivity index (χ0) is 19.0. The minimum atomic E-state index is -0.568. The van der Waals surface area contributed by atoms with Crippen LogP contribution in [0.2, 0.25) is 0 Å². The molecule has 3 aromatic rings. The van der Waals surface area contributed by atoms with Gasteiger partial charge >= 0.3 is 0 Å². The maximum absolute atomic E-state index is 12.4. The first-order valence-corrected chi connectivity index (χ1v) is 8.48. The molecule has 0 atom stereocenters. The van der Waals surface area contributed by atoms with Crippen LogP contribution in [0.4, 0.5) is 5.69 Å². The molecule has 4 rings (SSSR count). The summed E-state index contributed by atoms with van der Waals surface area (Å²) in [6, 6.07) is 10.2. The van der Waals surface area contributed by atoms with E-state index in [9.17, 15) is 19.2 Å². The first-order valence-electron chi connectivity index (χ1n) is 8.48. The summed E-state index contributed by atoms with van der Waals surface area (Å²) >= 11 is 0. The second-order valence-electron chi connectivity index (χ2n) is 6.28. The Morgan fingerprint density at radius 3 is 2.11 bits per heavy atom.